The number of rotatable bonds is 10. The Morgan fingerprint density at radius 1 is 1.02 bits per heavy atom. The van der Waals surface area contributed by atoms with Crippen molar-refractivity contribution in [1.82, 2.24) is 19.9 Å². The van der Waals surface area contributed by atoms with Crippen LogP contribution in [-0.2, 0) is 27.5 Å². The molecular formula is C29H33F3N6O7. The van der Waals surface area contributed by atoms with Crippen molar-refractivity contribution in [1.29, 1.82) is 0 Å². The highest BCUT2D eigenvalue weighted by molar-refractivity contribution is 5.79. The molecule has 2 unspecified atom stereocenters. The zero-order valence-electron chi connectivity index (χ0n) is 24.2. The molecule has 2 heterocycles. The largest absolute Gasteiger partial charge is 0.490 e. The number of ether oxygens (including phenoxy) is 1. The topological polar surface area (TPSA) is 185 Å². The summed E-state index contributed by atoms with van der Waals surface area (Å²) in [5.41, 5.74) is 0.834. The second-order valence-corrected chi connectivity index (χ2v) is 10.1. The number of hydrogen-bond acceptors (Lipinski definition) is 9. The van der Waals surface area contributed by atoms with Crippen molar-refractivity contribution in [2.75, 3.05) is 10.6 Å². The Bertz CT molecular complexity index is 1490. The van der Waals surface area contributed by atoms with E-state index >= 15 is 0 Å². The van der Waals surface area contributed by atoms with Crippen molar-refractivity contribution in [2.45, 2.75) is 70.1 Å². The van der Waals surface area contributed by atoms with E-state index in [0.717, 1.165) is 37.1 Å². The molecule has 3 atom stereocenters. The SMILES string of the molecule is Cc1cn(C[C@H](NC(=O)OCc2ccccc2)C(=O)O)c(=O)nc1NC1CCCCC1Nc1ccccn1.O=C(O)C(F)(F)F. The van der Waals surface area contributed by atoms with E-state index in [0.29, 0.717) is 11.4 Å². The Morgan fingerprint density at radius 2 is 1.64 bits per heavy atom. The summed E-state index contributed by atoms with van der Waals surface area (Å²) >= 11 is 0. The van der Waals surface area contributed by atoms with Crippen LogP contribution in [0.3, 0.4) is 0 Å². The van der Waals surface area contributed by atoms with Crippen molar-refractivity contribution in [3.8, 4) is 0 Å². The average Bonchev–Trinajstić information content (AvgIpc) is 3.00. The fourth-order valence-electron chi connectivity index (χ4n) is 4.45. The van der Waals surface area contributed by atoms with Crippen molar-refractivity contribution in [3.05, 3.63) is 82.5 Å². The number of alkyl halides is 3. The minimum Gasteiger partial charge on any atom is -0.480 e. The molecule has 0 spiro atoms. The maximum atomic E-state index is 12.8. The van der Waals surface area contributed by atoms with E-state index in [1.54, 1.807) is 31.5 Å². The monoisotopic (exact) mass is 634 g/mol. The van der Waals surface area contributed by atoms with Crippen molar-refractivity contribution >= 4 is 29.7 Å². The minimum absolute atomic E-state index is 0.00264. The molecule has 1 amide bonds. The highest BCUT2D eigenvalue weighted by atomic mass is 19.4. The van der Waals surface area contributed by atoms with Gasteiger partial charge in [-0.15, -0.1) is 0 Å². The molecule has 1 aliphatic carbocycles. The number of carboxylic acids is 2. The highest BCUT2D eigenvalue weighted by Gasteiger charge is 2.38. The number of aromatic nitrogens is 3. The van der Waals surface area contributed by atoms with E-state index in [2.05, 4.69) is 25.9 Å². The molecule has 0 bridgehead atoms. The normalized spacial score (nSPS) is 16.7. The van der Waals surface area contributed by atoms with Gasteiger partial charge in [0.1, 0.15) is 24.3 Å². The number of amides is 1. The van der Waals surface area contributed by atoms with Crippen LogP contribution in [-0.4, -0.2) is 67.1 Å². The Hall–Kier alpha value is -5.15. The van der Waals surface area contributed by atoms with Gasteiger partial charge in [0.15, 0.2) is 0 Å². The quantitative estimate of drug-likeness (QED) is 0.219. The molecule has 1 saturated carbocycles. The molecule has 1 aromatic carbocycles. The number of anilines is 2. The van der Waals surface area contributed by atoms with Gasteiger partial charge in [-0.05, 0) is 37.5 Å². The first-order chi connectivity index (χ1) is 21.3. The summed E-state index contributed by atoms with van der Waals surface area (Å²) < 4.78 is 38.0. The van der Waals surface area contributed by atoms with Gasteiger partial charge in [-0.1, -0.05) is 49.2 Å². The number of alkyl carbamates (subject to hydrolysis) is 1. The smallest absolute Gasteiger partial charge is 0.480 e. The van der Waals surface area contributed by atoms with Crippen LogP contribution in [0, 0.1) is 6.92 Å². The van der Waals surface area contributed by atoms with Crippen LogP contribution in [0.25, 0.3) is 0 Å². The lowest BCUT2D eigenvalue weighted by atomic mass is 9.90. The van der Waals surface area contributed by atoms with E-state index in [1.807, 2.05) is 36.4 Å². The average molecular weight is 635 g/mol. The summed E-state index contributed by atoms with van der Waals surface area (Å²) in [5.74, 6) is -2.81. The molecule has 0 saturated heterocycles. The molecule has 0 radical (unpaired) electrons. The summed E-state index contributed by atoms with van der Waals surface area (Å²) in [5, 5.41) is 25.9. The summed E-state index contributed by atoms with van der Waals surface area (Å²) in [4.78, 5) is 54.2. The van der Waals surface area contributed by atoms with Gasteiger partial charge < -0.3 is 30.9 Å². The fraction of sp³-hybridized carbons (Fsp3) is 0.379. The Balaban J connectivity index is 0.000000707. The molecular weight excluding hydrogens is 601 g/mol. The number of pyridine rings is 1. The molecule has 5 N–H and O–H groups in total. The summed E-state index contributed by atoms with van der Waals surface area (Å²) in [6.45, 7) is 1.50. The Labute approximate surface area is 255 Å². The molecule has 3 aromatic rings. The second-order valence-electron chi connectivity index (χ2n) is 10.1. The summed E-state index contributed by atoms with van der Waals surface area (Å²) in [6.07, 6.45) is 1.33. The van der Waals surface area contributed by atoms with Gasteiger partial charge in [-0.25, -0.2) is 24.2 Å². The van der Waals surface area contributed by atoms with Gasteiger partial charge in [0, 0.05) is 30.0 Å². The second kappa shape index (κ2) is 16.1. The molecule has 0 aliphatic heterocycles. The van der Waals surface area contributed by atoms with Crippen LogP contribution in [0.15, 0.2) is 65.7 Å². The number of aryl methyl sites for hydroxylation is 1. The van der Waals surface area contributed by atoms with Gasteiger partial charge in [0.05, 0.1) is 6.54 Å². The van der Waals surface area contributed by atoms with Gasteiger partial charge >= 0.3 is 29.9 Å². The first-order valence-electron chi connectivity index (χ1n) is 13.9. The van der Waals surface area contributed by atoms with Crippen LogP contribution in [0.1, 0.15) is 36.8 Å². The first kappa shape index (κ1) is 34.3. The van der Waals surface area contributed by atoms with Crippen LogP contribution < -0.4 is 21.6 Å². The predicted molar refractivity (Wildman–Crippen MR) is 156 cm³/mol. The van der Waals surface area contributed by atoms with E-state index in [1.165, 1.54) is 4.57 Å². The zero-order valence-corrected chi connectivity index (χ0v) is 24.2. The number of nitrogens with zero attached hydrogens (tertiary/aromatic N) is 3. The van der Waals surface area contributed by atoms with Crippen molar-refractivity contribution in [2.24, 2.45) is 0 Å². The minimum atomic E-state index is -5.08. The van der Waals surface area contributed by atoms with Crippen molar-refractivity contribution < 1.29 is 42.5 Å². The third-order valence-corrected chi connectivity index (χ3v) is 6.69. The van der Waals surface area contributed by atoms with Crippen LogP contribution in [0.5, 0.6) is 0 Å². The summed E-state index contributed by atoms with van der Waals surface area (Å²) in [7, 11) is 0. The van der Waals surface area contributed by atoms with Gasteiger partial charge in [-0.2, -0.15) is 18.2 Å². The number of hydrogen-bond donors (Lipinski definition) is 5. The number of aliphatic carboxylic acids is 2. The number of halogens is 3. The summed E-state index contributed by atoms with van der Waals surface area (Å²) in [6, 6.07) is 13.5. The lowest BCUT2D eigenvalue weighted by molar-refractivity contribution is -0.192. The van der Waals surface area contributed by atoms with Gasteiger partial charge in [0.2, 0.25) is 0 Å². The number of carbonyl (C=O) groups is 3. The van der Waals surface area contributed by atoms with E-state index < -0.39 is 35.9 Å². The van der Waals surface area contributed by atoms with Crippen molar-refractivity contribution in [3.63, 3.8) is 0 Å². The van der Waals surface area contributed by atoms with Crippen LogP contribution in [0.2, 0.25) is 0 Å². The number of nitrogens with one attached hydrogen (secondary N) is 3. The molecule has 242 valence electrons. The molecule has 2 aromatic heterocycles. The van der Waals surface area contributed by atoms with Crippen LogP contribution in [0.4, 0.5) is 29.6 Å². The Kier molecular flexibility index (Phi) is 12.3. The van der Waals surface area contributed by atoms with E-state index in [9.17, 15) is 32.7 Å². The van der Waals surface area contributed by atoms with Gasteiger partial charge in [0.25, 0.3) is 0 Å². The lowest BCUT2D eigenvalue weighted by Crippen LogP contribution is -2.46. The van der Waals surface area contributed by atoms with E-state index in [-0.39, 0.29) is 25.2 Å². The number of benzene rings is 1. The third kappa shape index (κ3) is 11.1. The first-order valence-corrected chi connectivity index (χ1v) is 13.9. The number of carboxylic acid groups (broad SMARTS) is 2. The fourth-order valence-corrected chi connectivity index (χ4v) is 4.45. The molecule has 1 aliphatic rings. The molecule has 1 fully saturated rings. The molecule has 13 nitrogen and oxygen atoms in total. The predicted octanol–water partition coefficient (Wildman–Crippen LogP) is 3.79. The van der Waals surface area contributed by atoms with Crippen LogP contribution >= 0.6 is 0 Å². The maximum absolute atomic E-state index is 12.8. The highest BCUT2D eigenvalue weighted by Crippen LogP contribution is 2.25. The Morgan fingerprint density at radius 3 is 2.22 bits per heavy atom. The zero-order chi connectivity index (χ0) is 33.0. The third-order valence-electron chi connectivity index (χ3n) is 6.69. The standard InChI is InChI=1S/C27H32N6O5.C2HF3O2/c1-18-15-33(16-22(25(34)35)31-27(37)38-17-19-9-3-2-4-10-19)26(36)32-24(18)30-21-12-6-5-11-20(21)29-23-13-7-8-14-28-23;3-2(4,5)1(6)7/h2-4,7-10,13-15,20-22H,5-6,11-12,16-17H2,1H3,(H,28,29)(H,31,37)(H,34,35)(H,30,32,36);(H,6,7)/t20?,21?,22-;/m0./s1. The molecule has 16 heteroatoms. The molecule has 4 rings (SSSR count). The molecule has 45 heavy (non-hydrogen) atoms. The maximum Gasteiger partial charge on any atom is 0.490 e. The van der Waals surface area contributed by atoms with Gasteiger partial charge in [-0.3, -0.25) is 4.57 Å². The number of carbonyl (C=O) groups excluding carboxylic acids is 1. The van der Waals surface area contributed by atoms with E-state index in [4.69, 9.17) is 14.6 Å². The lowest BCUT2D eigenvalue weighted by Gasteiger charge is -2.33.